The average molecular weight is 432 g/mol. The Balaban J connectivity index is 1.41. The Morgan fingerprint density at radius 1 is 1.13 bits per heavy atom. The SMILES string of the molecule is Cc1[nH]c(SCC(=O)NC(c2ccccc2)c2nccn2C)nc1Cc1ccccc1. The normalized spacial score (nSPS) is 11.9. The number of rotatable bonds is 8. The largest absolute Gasteiger partial charge is 0.341 e. The van der Waals surface area contributed by atoms with Gasteiger partial charge in [0.05, 0.1) is 11.4 Å². The van der Waals surface area contributed by atoms with Crippen molar-refractivity contribution in [3.63, 3.8) is 0 Å². The first-order chi connectivity index (χ1) is 15.1. The summed E-state index contributed by atoms with van der Waals surface area (Å²) in [5.74, 6) is 0.995. The first-order valence-electron chi connectivity index (χ1n) is 10.1. The van der Waals surface area contributed by atoms with Crippen LogP contribution in [0.3, 0.4) is 0 Å². The number of aromatic amines is 1. The van der Waals surface area contributed by atoms with Crippen LogP contribution in [0.15, 0.2) is 78.2 Å². The highest BCUT2D eigenvalue weighted by Gasteiger charge is 2.21. The second-order valence-corrected chi connectivity index (χ2v) is 8.34. The summed E-state index contributed by atoms with van der Waals surface area (Å²) >= 11 is 1.41. The van der Waals surface area contributed by atoms with Gasteiger partial charge >= 0.3 is 0 Å². The highest BCUT2D eigenvalue weighted by atomic mass is 32.2. The molecule has 0 aliphatic rings. The Morgan fingerprint density at radius 2 is 1.84 bits per heavy atom. The lowest BCUT2D eigenvalue weighted by Crippen LogP contribution is -2.32. The van der Waals surface area contributed by atoms with Crippen molar-refractivity contribution < 1.29 is 4.79 Å². The number of hydrogen-bond acceptors (Lipinski definition) is 4. The molecule has 31 heavy (non-hydrogen) atoms. The first-order valence-corrected chi connectivity index (χ1v) is 11.1. The molecule has 0 saturated heterocycles. The van der Waals surface area contributed by atoms with Gasteiger partial charge < -0.3 is 14.9 Å². The number of nitrogens with zero attached hydrogens (tertiary/aromatic N) is 3. The molecule has 6 nitrogen and oxygen atoms in total. The molecule has 2 N–H and O–H groups in total. The number of hydrogen-bond donors (Lipinski definition) is 2. The van der Waals surface area contributed by atoms with Crippen LogP contribution in [-0.2, 0) is 18.3 Å². The fourth-order valence-electron chi connectivity index (χ4n) is 3.43. The van der Waals surface area contributed by atoms with E-state index in [1.54, 1.807) is 6.20 Å². The van der Waals surface area contributed by atoms with Crippen LogP contribution in [0, 0.1) is 6.92 Å². The number of benzene rings is 2. The molecule has 0 spiro atoms. The standard InChI is InChI=1S/C24H25N5OS/c1-17-20(15-18-9-5-3-6-10-18)27-24(26-17)31-16-21(30)28-22(19-11-7-4-8-12-19)23-25-13-14-29(23)2/h3-14,22H,15-16H2,1-2H3,(H,26,27)(H,28,30). The first kappa shape index (κ1) is 20.9. The van der Waals surface area contributed by atoms with Crippen LogP contribution >= 0.6 is 11.8 Å². The number of amides is 1. The van der Waals surface area contributed by atoms with Gasteiger partial charge in [-0.1, -0.05) is 72.4 Å². The molecule has 158 valence electrons. The zero-order valence-electron chi connectivity index (χ0n) is 17.6. The van der Waals surface area contributed by atoms with Crippen LogP contribution in [-0.4, -0.2) is 31.2 Å². The van der Waals surface area contributed by atoms with E-state index in [-0.39, 0.29) is 17.7 Å². The van der Waals surface area contributed by atoms with Crippen molar-refractivity contribution in [2.24, 2.45) is 7.05 Å². The van der Waals surface area contributed by atoms with Gasteiger partial charge in [0.25, 0.3) is 0 Å². The molecule has 2 heterocycles. The molecule has 0 aliphatic heterocycles. The smallest absolute Gasteiger partial charge is 0.231 e. The van der Waals surface area contributed by atoms with Crippen molar-refractivity contribution in [1.82, 2.24) is 24.8 Å². The van der Waals surface area contributed by atoms with E-state index in [9.17, 15) is 4.79 Å². The highest BCUT2D eigenvalue weighted by molar-refractivity contribution is 7.99. The summed E-state index contributed by atoms with van der Waals surface area (Å²) < 4.78 is 1.93. The minimum absolute atomic E-state index is 0.0690. The molecule has 4 aromatic rings. The second-order valence-electron chi connectivity index (χ2n) is 7.37. The van der Waals surface area contributed by atoms with Crippen molar-refractivity contribution in [3.05, 3.63) is 101 Å². The van der Waals surface area contributed by atoms with Crippen LogP contribution in [0.2, 0.25) is 0 Å². The summed E-state index contributed by atoms with van der Waals surface area (Å²) in [6, 6.07) is 19.8. The van der Waals surface area contributed by atoms with Gasteiger partial charge in [-0.05, 0) is 18.1 Å². The Morgan fingerprint density at radius 3 is 2.52 bits per heavy atom. The zero-order valence-corrected chi connectivity index (χ0v) is 18.4. The lowest BCUT2D eigenvalue weighted by Gasteiger charge is -2.19. The number of carbonyl (C=O) groups is 1. The van der Waals surface area contributed by atoms with Crippen LogP contribution in [0.25, 0.3) is 0 Å². The average Bonchev–Trinajstić information content (AvgIpc) is 3.37. The molecule has 2 aromatic carbocycles. The Kier molecular flexibility index (Phi) is 6.52. The van der Waals surface area contributed by atoms with Crippen LogP contribution in [0.4, 0.5) is 0 Å². The maximum Gasteiger partial charge on any atom is 0.231 e. The molecule has 4 rings (SSSR count). The number of carbonyl (C=O) groups excluding carboxylic acids is 1. The van der Waals surface area contributed by atoms with E-state index < -0.39 is 0 Å². The van der Waals surface area contributed by atoms with E-state index in [0.717, 1.165) is 34.4 Å². The van der Waals surface area contributed by atoms with Gasteiger partial charge in [-0.15, -0.1) is 0 Å². The molecule has 2 aromatic heterocycles. The molecule has 0 radical (unpaired) electrons. The monoisotopic (exact) mass is 431 g/mol. The number of nitrogens with one attached hydrogen (secondary N) is 2. The van der Waals surface area contributed by atoms with E-state index in [0.29, 0.717) is 0 Å². The van der Waals surface area contributed by atoms with Gasteiger partial charge in [0.15, 0.2) is 5.16 Å². The zero-order chi connectivity index (χ0) is 21.6. The third-order valence-corrected chi connectivity index (χ3v) is 5.95. The van der Waals surface area contributed by atoms with E-state index in [1.807, 2.05) is 73.3 Å². The fourth-order valence-corrected chi connectivity index (χ4v) is 4.18. The fraction of sp³-hybridized carbons (Fsp3) is 0.208. The summed E-state index contributed by atoms with van der Waals surface area (Å²) in [6.07, 6.45) is 4.39. The van der Waals surface area contributed by atoms with Gasteiger partial charge in [-0.3, -0.25) is 4.79 Å². The minimum atomic E-state index is -0.304. The number of H-pyrrole nitrogens is 1. The van der Waals surface area contributed by atoms with Crippen molar-refractivity contribution in [2.75, 3.05) is 5.75 Å². The number of imidazole rings is 2. The second kappa shape index (κ2) is 9.66. The van der Waals surface area contributed by atoms with Crippen LogP contribution in [0.1, 0.15) is 34.4 Å². The molecule has 7 heteroatoms. The number of thioether (sulfide) groups is 1. The highest BCUT2D eigenvalue weighted by Crippen LogP contribution is 2.22. The van der Waals surface area contributed by atoms with Crippen LogP contribution < -0.4 is 5.32 Å². The molecule has 1 unspecified atom stereocenters. The van der Waals surface area contributed by atoms with Gasteiger partial charge in [0.2, 0.25) is 5.91 Å². The molecule has 0 fully saturated rings. The Labute approximate surface area is 186 Å². The molecule has 0 bridgehead atoms. The van der Waals surface area contributed by atoms with Gasteiger partial charge in [0, 0.05) is 31.6 Å². The summed E-state index contributed by atoms with van der Waals surface area (Å²) in [4.78, 5) is 25.2. The van der Waals surface area contributed by atoms with E-state index in [2.05, 4.69) is 32.4 Å². The molecular weight excluding hydrogens is 406 g/mol. The minimum Gasteiger partial charge on any atom is -0.341 e. The van der Waals surface area contributed by atoms with Crippen molar-refractivity contribution >= 4 is 17.7 Å². The van der Waals surface area contributed by atoms with E-state index >= 15 is 0 Å². The third kappa shape index (κ3) is 5.24. The maximum absolute atomic E-state index is 12.8. The molecule has 0 saturated carbocycles. The topological polar surface area (TPSA) is 75.6 Å². The van der Waals surface area contributed by atoms with Crippen molar-refractivity contribution in [1.29, 1.82) is 0 Å². The molecular formula is C24H25N5OS. The summed E-state index contributed by atoms with van der Waals surface area (Å²) in [6.45, 7) is 2.02. The predicted octanol–water partition coefficient (Wildman–Crippen LogP) is 4.04. The lowest BCUT2D eigenvalue weighted by molar-refractivity contribution is -0.119. The predicted molar refractivity (Wildman–Crippen MR) is 123 cm³/mol. The van der Waals surface area contributed by atoms with Gasteiger partial charge in [-0.25, -0.2) is 9.97 Å². The molecule has 0 aliphatic carbocycles. The molecule has 1 amide bonds. The summed E-state index contributed by atoms with van der Waals surface area (Å²) in [7, 11) is 1.93. The van der Waals surface area contributed by atoms with E-state index in [1.165, 1.54) is 17.3 Å². The summed E-state index contributed by atoms with van der Waals surface area (Å²) in [5.41, 5.74) is 4.24. The maximum atomic E-state index is 12.8. The Hall–Kier alpha value is -3.32. The molecule has 1 atom stereocenters. The van der Waals surface area contributed by atoms with Gasteiger partial charge in [0.1, 0.15) is 11.9 Å². The summed E-state index contributed by atoms with van der Waals surface area (Å²) in [5, 5.41) is 3.88. The van der Waals surface area contributed by atoms with E-state index in [4.69, 9.17) is 0 Å². The Bertz CT molecular complexity index is 1140. The van der Waals surface area contributed by atoms with Crippen LogP contribution in [0.5, 0.6) is 0 Å². The quantitative estimate of drug-likeness (QED) is 0.413. The van der Waals surface area contributed by atoms with Gasteiger partial charge in [-0.2, -0.15) is 0 Å². The third-order valence-electron chi connectivity index (χ3n) is 5.07. The lowest BCUT2D eigenvalue weighted by atomic mass is 10.1. The number of aromatic nitrogens is 4. The van der Waals surface area contributed by atoms with Crippen molar-refractivity contribution in [3.8, 4) is 0 Å². The van der Waals surface area contributed by atoms with Crippen molar-refractivity contribution in [2.45, 2.75) is 24.5 Å². The number of aryl methyl sites for hydroxylation is 2.